The average Bonchev–Trinajstić information content (AvgIpc) is 3.06. The minimum Gasteiger partial charge on any atom is -0.490 e. The molecular formula is C36H37IN4O2. The van der Waals surface area contributed by atoms with Crippen LogP contribution in [0.2, 0.25) is 0 Å². The van der Waals surface area contributed by atoms with Crippen LogP contribution >= 0.6 is 22.6 Å². The molecule has 6 rings (SSSR count). The van der Waals surface area contributed by atoms with Crippen LogP contribution in [-0.4, -0.2) is 54.0 Å². The maximum atomic E-state index is 13.1. The summed E-state index contributed by atoms with van der Waals surface area (Å²) in [5.41, 5.74) is 3.97. The molecule has 0 aliphatic carbocycles. The van der Waals surface area contributed by atoms with Crippen molar-refractivity contribution in [3.05, 3.63) is 113 Å². The van der Waals surface area contributed by atoms with Gasteiger partial charge in [-0.3, -0.25) is 14.6 Å². The number of benzene rings is 4. The third-order valence-electron chi connectivity index (χ3n) is 8.66. The second kappa shape index (κ2) is 13.9. The molecule has 1 atom stereocenters. The highest BCUT2D eigenvalue weighted by Gasteiger charge is 2.26. The molecule has 0 saturated carbocycles. The van der Waals surface area contributed by atoms with Gasteiger partial charge in [0.05, 0.1) is 15.7 Å². The predicted octanol–water partition coefficient (Wildman–Crippen LogP) is 7.08. The molecule has 0 radical (unpaired) electrons. The number of carbonyl (C=O) groups is 1. The van der Waals surface area contributed by atoms with Gasteiger partial charge in [-0.1, -0.05) is 77.2 Å². The van der Waals surface area contributed by atoms with E-state index in [-0.39, 0.29) is 18.1 Å². The molecule has 0 aromatic heterocycles. The molecule has 7 heteroatoms. The van der Waals surface area contributed by atoms with Gasteiger partial charge in [-0.2, -0.15) is 5.26 Å². The number of fused-ring (bicyclic) bond motifs is 1. The summed E-state index contributed by atoms with van der Waals surface area (Å²) in [7, 11) is 0. The summed E-state index contributed by atoms with van der Waals surface area (Å²) in [6, 6.07) is 33.0. The second-order valence-electron chi connectivity index (χ2n) is 11.7. The molecule has 6 nitrogen and oxygen atoms in total. The van der Waals surface area contributed by atoms with Crippen molar-refractivity contribution < 1.29 is 9.53 Å². The van der Waals surface area contributed by atoms with Crippen LogP contribution in [0.1, 0.15) is 56.8 Å². The van der Waals surface area contributed by atoms with Gasteiger partial charge in [-0.15, -0.1) is 0 Å². The summed E-state index contributed by atoms with van der Waals surface area (Å²) in [5.74, 6) is 0.883. The van der Waals surface area contributed by atoms with Crippen molar-refractivity contribution in [2.45, 2.75) is 48.4 Å². The topological polar surface area (TPSA) is 68.6 Å². The van der Waals surface area contributed by atoms with Crippen molar-refractivity contribution in [2.24, 2.45) is 0 Å². The lowest BCUT2D eigenvalue weighted by atomic mass is 10.0. The number of rotatable bonds is 8. The van der Waals surface area contributed by atoms with Crippen LogP contribution in [0.3, 0.4) is 0 Å². The van der Waals surface area contributed by atoms with E-state index in [9.17, 15) is 4.79 Å². The Labute approximate surface area is 267 Å². The molecule has 2 fully saturated rings. The Kier molecular flexibility index (Phi) is 9.57. The van der Waals surface area contributed by atoms with Gasteiger partial charge in [-0.05, 0) is 84.0 Å². The van der Waals surface area contributed by atoms with Crippen LogP contribution < -0.4 is 10.1 Å². The number of alkyl halides is 1. The van der Waals surface area contributed by atoms with Gasteiger partial charge < -0.3 is 10.1 Å². The van der Waals surface area contributed by atoms with Gasteiger partial charge in [0.15, 0.2) is 0 Å². The summed E-state index contributed by atoms with van der Waals surface area (Å²) in [6.07, 6.45) is 4.08. The summed E-state index contributed by atoms with van der Waals surface area (Å²) in [6.45, 7) is 4.83. The number of piperidine rings is 2. The standard InChI is InChI=1S/C36H37IN4O2/c37-35(28-4-2-1-3-5-28)41-20-14-32(15-21-41)39-36(42)31-11-10-30-23-34(13-12-29(30)22-31)43-33-16-18-40(19-17-33)25-27-8-6-26(24-38)7-9-27/h1-13,22-23,32-33,35H,14-21,25H2,(H,39,42). The third kappa shape index (κ3) is 7.56. The number of likely N-dealkylation sites (tertiary alicyclic amines) is 2. The van der Waals surface area contributed by atoms with Gasteiger partial charge in [-0.25, -0.2) is 0 Å². The molecule has 4 aromatic rings. The van der Waals surface area contributed by atoms with E-state index in [0.717, 1.165) is 74.9 Å². The molecule has 4 aromatic carbocycles. The van der Waals surface area contributed by atoms with E-state index >= 15 is 0 Å². The van der Waals surface area contributed by atoms with Gasteiger partial charge in [0, 0.05) is 44.3 Å². The first-order chi connectivity index (χ1) is 21.0. The zero-order chi connectivity index (χ0) is 29.6. The molecule has 1 unspecified atom stereocenters. The van der Waals surface area contributed by atoms with Gasteiger partial charge in [0.25, 0.3) is 5.91 Å². The molecule has 2 saturated heterocycles. The van der Waals surface area contributed by atoms with Crippen LogP contribution in [0.15, 0.2) is 91.0 Å². The fourth-order valence-corrected chi connectivity index (χ4v) is 7.09. The van der Waals surface area contributed by atoms with Crippen LogP contribution in [0.25, 0.3) is 10.8 Å². The summed E-state index contributed by atoms with van der Waals surface area (Å²) in [5, 5.41) is 14.4. The minimum atomic E-state index is 0.00234. The van der Waals surface area contributed by atoms with E-state index in [1.54, 1.807) is 0 Å². The van der Waals surface area contributed by atoms with E-state index in [0.29, 0.717) is 15.2 Å². The van der Waals surface area contributed by atoms with Crippen LogP contribution in [0, 0.1) is 11.3 Å². The molecular weight excluding hydrogens is 647 g/mol. The first-order valence-corrected chi connectivity index (χ1v) is 16.4. The summed E-state index contributed by atoms with van der Waals surface area (Å²) in [4.78, 5) is 18.1. The van der Waals surface area contributed by atoms with Crippen molar-refractivity contribution in [3.8, 4) is 11.8 Å². The highest BCUT2D eigenvalue weighted by Crippen LogP contribution is 2.30. The lowest BCUT2D eigenvalue weighted by Crippen LogP contribution is -2.44. The summed E-state index contributed by atoms with van der Waals surface area (Å²) < 4.78 is 6.74. The normalized spacial score (nSPS) is 17.8. The van der Waals surface area contributed by atoms with Crippen molar-refractivity contribution in [3.63, 3.8) is 0 Å². The number of nitriles is 1. The van der Waals surface area contributed by atoms with Crippen LogP contribution in [0.5, 0.6) is 5.75 Å². The largest absolute Gasteiger partial charge is 0.490 e. The molecule has 1 amide bonds. The van der Waals surface area contributed by atoms with Crippen LogP contribution in [-0.2, 0) is 6.54 Å². The first kappa shape index (κ1) is 29.6. The third-order valence-corrected chi connectivity index (χ3v) is 10.2. The molecule has 1 N–H and O–H groups in total. The highest BCUT2D eigenvalue weighted by molar-refractivity contribution is 14.1. The Morgan fingerprint density at radius 1 is 0.884 bits per heavy atom. The second-order valence-corrected chi connectivity index (χ2v) is 12.8. The van der Waals surface area contributed by atoms with Gasteiger partial charge >= 0.3 is 0 Å². The van der Waals surface area contributed by atoms with Gasteiger partial charge in [0.1, 0.15) is 11.9 Å². The highest BCUT2D eigenvalue weighted by atomic mass is 127. The number of halogens is 1. The number of hydrogen-bond acceptors (Lipinski definition) is 5. The number of carbonyl (C=O) groups excluding carboxylic acids is 1. The number of amides is 1. The Hall–Kier alpha value is -3.45. The SMILES string of the molecule is N#Cc1ccc(CN2CCC(Oc3ccc4cc(C(=O)NC5CCN(C(I)c6ccccc6)CC5)ccc4c3)CC2)cc1. The lowest BCUT2D eigenvalue weighted by Gasteiger charge is -2.35. The monoisotopic (exact) mass is 684 g/mol. The summed E-state index contributed by atoms with van der Waals surface area (Å²) >= 11 is 2.52. The Balaban J connectivity index is 0.979. The van der Waals surface area contributed by atoms with E-state index in [1.807, 2.05) is 48.5 Å². The fourth-order valence-electron chi connectivity index (χ4n) is 6.12. The molecule has 2 heterocycles. The molecule has 0 spiro atoms. The molecule has 2 aliphatic heterocycles. The number of nitrogens with zero attached hydrogens (tertiary/aromatic N) is 3. The Morgan fingerprint density at radius 3 is 2.30 bits per heavy atom. The first-order valence-electron chi connectivity index (χ1n) is 15.2. The quantitative estimate of drug-likeness (QED) is 0.122. The number of ether oxygens (including phenoxy) is 1. The van der Waals surface area contributed by atoms with E-state index in [2.05, 4.69) is 86.2 Å². The number of hydrogen-bond donors (Lipinski definition) is 1. The van der Waals surface area contributed by atoms with E-state index in [4.69, 9.17) is 10.00 Å². The smallest absolute Gasteiger partial charge is 0.251 e. The molecule has 220 valence electrons. The van der Waals surface area contributed by atoms with Crippen molar-refractivity contribution in [2.75, 3.05) is 26.2 Å². The molecule has 2 aliphatic rings. The Bertz CT molecular complexity index is 1570. The van der Waals surface area contributed by atoms with Gasteiger partial charge in [0.2, 0.25) is 0 Å². The maximum absolute atomic E-state index is 13.1. The fraction of sp³-hybridized carbons (Fsp3) is 0.333. The number of nitrogens with one attached hydrogen (secondary N) is 1. The molecule has 43 heavy (non-hydrogen) atoms. The average molecular weight is 685 g/mol. The molecule has 0 bridgehead atoms. The van der Waals surface area contributed by atoms with E-state index < -0.39 is 0 Å². The zero-order valence-corrected chi connectivity index (χ0v) is 26.4. The van der Waals surface area contributed by atoms with E-state index in [1.165, 1.54) is 11.1 Å². The van der Waals surface area contributed by atoms with Crippen molar-refractivity contribution in [1.29, 1.82) is 5.26 Å². The van der Waals surface area contributed by atoms with Crippen molar-refractivity contribution >= 4 is 39.3 Å². The Morgan fingerprint density at radius 2 is 1.58 bits per heavy atom. The van der Waals surface area contributed by atoms with Crippen LogP contribution in [0.4, 0.5) is 0 Å². The maximum Gasteiger partial charge on any atom is 0.251 e. The lowest BCUT2D eigenvalue weighted by molar-refractivity contribution is 0.0909. The zero-order valence-electron chi connectivity index (χ0n) is 24.3. The van der Waals surface area contributed by atoms with Crippen molar-refractivity contribution in [1.82, 2.24) is 15.1 Å². The predicted molar refractivity (Wildman–Crippen MR) is 179 cm³/mol. The minimum absolute atomic E-state index is 0.00234.